The minimum absolute atomic E-state index is 0.153. The second kappa shape index (κ2) is 6.40. The molecule has 1 atom stereocenters. The highest BCUT2D eigenvalue weighted by Gasteiger charge is 2.31. The number of rotatable bonds is 5. The molecule has 2 aliphatic carbocycles. The number of ether oxygens (including phenoxy) is 1. The maximum Gasteiger partial charge on any atom is 0.333 e. The Bertz CT molecular complexity index is 296. The van der Waals surface area contributed by atoms with Crippen molar-refractivity contribution in [2.75, 3.05) is 0 Å². The zero-order valence-electron chi connectivity index (χ0n) is 11.6. The molecule has 0 radical (unpaired) electrons. The first-order valence-corrected chi connectivity index (χ1v) is 7.53. The van der Waals surface area contributed by atoms with E-state index in [9.17, 15) is 4.79 Å². The van der Waals surface area contributed by atoms with E-state index in [1.54, 1.807) is 6.92 Å². The highest BCUT2D eigenvalue weighted by Crippen LogP contribution is 2.36. The van der Waals surface area contributed by atoms with Gasteiger partial charge in [0.2, 0.25) is 0 Å². The summed E-state index contributed by atoms with van der Waals surface area (Å²) in [4.78, 5) is 11.8. The van der Waals surface area contributed by atoms with E-state index >= 15 is 0 Å². The number of hydrogen-bond donors (Lipinski definition) is 0. The van der Waals surface area contributed by atoms with Crippen LogP contribution in [-0.4, -0.2) is 12.1 Å². The van der Waals surface area contributed by atoms with Gasteiger partial charge < -0.3 is 4.74 Å². The van der Waals surface area contributed by atoms with Crippen molar-refractivity contribution in [2.24, 2.45) is 11.8 Å². The zero-order valence-corrected chi connectivity index (χ0v) is 11.6. The summed E-state index contributed by atoms with van der Waals surface area (Å²) in [6.07, 6.45) is 11.7. The molecule has 2 nitrogen and oxygen atoms in total. The maximum atomic E-state index is 11.8. The Balaban J connectivity index is 1.92. The minimum atomic E-state index is -0.190. The van der Waals surface area contributed by atoms with Gasteiger partial charge in [-0.15, -0.1) is 0 Å². The van der Waals surface area contributed by atoms with E-state index in [-0.39, 0.29) is 12.1 Å². The third kappa shape index (κ3) is 3.60. The molecule has 0 N–H and O–H groups in total. The molecular weight excluding hydrogens is 224 g/mol. The minimum Gasteiger partial charge on any atom is -0.459 e. The molecule has 0 saturated heterocycles. The van der Waals surface area contributed by atoms with Gasteiger partial charge in [0.1, 0.15) is 6.10 Å². The summed E-state index contributed by atoms with van der Waals surface area (Å²) < 4.78 is 5.72. The van der Waals surface area contributed by atoms with Crippen LogP contribution in [0.4, 0.5) is 0 Å². The Hall–Kier alpha value is -0.790. The normalized spacial score (nSPS) is 23.2. The highest BCUT2D eigenvalue weighted by atomic mass is 16.5. The molecule has 102 valence electrons. The van der Waals surface area contributed by atoms with Crippen molar-refractivity contribution in [2.45, 2.75) is 70.8 Å². The number of hydrogen-bond acceptors (Lipinski definition) is 2. The van der Waals surface area contributed by atoms with E-state index in [2.05, 4.69) is 6.58 Å². The largest absolute Gasteiger partial charge is 0.459 e. The van der Waals surface area contributed by atoms with Crippen LogP contribution in [0, 0.1) is 11.8 Å². The van der Waals surface area contributed by atoms with Crippen molar-refractivity contribution in [3.05, 3.63) is 12.2 Å². The predicted octanol–water partition coefficient (Wildman–Crippen LogP) is 4.24. The van der Waals surface area contributed by atoms with Gasteiger partial charge in [0, 0.05) is 5.57 Å². The summed E-state index contributed by atoms with van der Waals surface area (Å²) in [6.45, 7) is 5.43. The molecule has 0 aromatic rings. The summed E-state index contributed by atoms with van der Waals surface area (Å²) in [5.41, 5.74) is 0.532. The molecule has 1 unspecified atom stereocenters. The topological polar surface area (TPSA) is 26.3 Å². The summed E-state index contributed by atoms with van der Waals surface area (Å²) >= 11 is 0. The number of esters is 1. The van der Waals surface area contributed by atoms with Crippen molar-refractivity contribution < 1.29 is 9.53 Å². The molecule has 0 bridgehead atoms. The third-order valence-corrected chi connectivity index (χ3v) is 4.57. The number of carbonyl (C=O) groups excluding carboxylic acids is 1. The molecule has 0 amide bonds. The lowest BCUT2D eigenvalue weighted by molar-refractivity contribution is -0.148. The predicted molar refractivity (Wildman–Crippen MR) is 73.2 cm³/mol. The van der Waals surface area contributed by atoms with Gasteiger partial charge in [0.25, 0.3) is 0 Å². The van der Waals surface area contributed by atoms with Crippen LogP contribution >= 0.6 is 0 Å². The molecule has 0 aromatic carbocycles. The fraction of sp³-hybridized carbons (Fsp3) is 0.812. The van der Waals surface area contributed by atoms with Crippen LogP contribution in [0.3, 0.4) is 0 Å². The quantitative estimate of drug-likeness (QED) is 0.538. The smallest absolute Gasteiger partial charge is 0.333 e. The Morgan fingerprint density at radius 3 is 2.28 bits per heavy atom. The molecule has 2 heteroatoms. The fourth-order valence-electron chi connectivity index (χ4n) is 3.48. The van der Waals surface area contributed by atoms with Crippen LogP contribution in [-0.2, 0) is 9.53 Å². The average Bonchev–Trinajstić information content (AvgIpc) is 3.00. The van der Waals surface area contributed by atoms with Crippen LogP contribution < -0.4 is 0 Å². The lowest BCUT2D eigenvalue weighted by atomic mass is 9.90. The van der Waals surface area contributed by atoms with Crippen molar-refractivity contribution in [3.8, 4) is 0 Å². The Labute approximate surface area is 111 Å². The average molecular weight is 250 g/mol. The van der Waals surface area contributed by atoms with Gasteiger partial charge in [0.05, 0.1) is 0 Å². The third-order valence-electron chi connectivity index (χ3n) is 4.57. The van der Waals surface area contributed by atoms with Gasteiger partial charge in [-0.05, 0) is 38.0 Å². The van der Waals surface area contributed by atoms with Crippen molar-refractivity contribution in [1.82, 2.24) is 0 Å². The summed E-state index contributed by atoms with van der Waals surface area (Å²) in [6, 6.07) is 0. The Morgan fingerprint density at radius 1 is 1.17 bits per heavy atom. The molecule has 2 saturated carbocycles. The summed E-state index contributed by atoms with van der Waals surface area (Å²) in [5, 5.41) is 0. The van der Waals surface area contributed by atoms with E-state index < -0.39 is 0 Å². The second-order valence-corrected chi connectivity index (χ2v) is 6.15. The van der Waals surface area contributed by atoms with Crippen LogP contribution in [0.15, 0.2) is 12.2 Å². The molecular formula is C16H26O2. The SMILES string of the molecule is C=C(C)C(=O)OC(CC1CCCC1)C1CCCC1. The first kappa shape index (κ1) is 13.6. The fourth-order valence-corrected chi connectivity index (χ4v) is 3.48. The first-order valence-electron chi connectivity index (χ1n) is 7.53. The standard InChI is InChI=1S/C16H26O2/c1-12(2)16(17)18-15(14-9-5-6-10-14)11-13-7-3-4-8-13/h13-15H,1,3-11H2,2H3. The highest BCUT2D eigenvalue weighted by molar-refractivity contribution is 5.87. The second-order valence-electron chi connectivity index (χ2n) is 6.15. The molecule has 2 aliphatic rings. The van der Waals surface area contributed by atoms with Crippen LogP contribution in [0.5, 0.6) is 0 Å². The molecule has 18 heavy (non-hydrogen) atoms. The summed E-state index contributed by atoms with van der Waals surface area (Å²) in [5.74, 6) is 1.20. The lowest BCUT2D eigenvalue weighted by Crippen LogP contribution is -2.27. The van der Waals surface area contributed by atoms with E-state index in [0.717, 1.165) is 12.3 Å². The molecule has 0 heterocycles. The van der Waals surface area contributed by atoms with Gasteiger partial charge in [0.15, 0.2) is 0 Å². The molecule has 2 fully saturated rings. The maximum absolute atomic E-state index is 11.8. The van der Waals surface area contributed by atoms with Gasteiger partial charge in [-0.1, -0.05) is 45.1 Å². The molecule has 0 aromatic heterocycles. The first-order chi connectivity index (χ1) is 8.66. The molecule has 0 spiro atoms. The molecule has 2 rings (SSSR count). The zero-order chi connectivity index (χ0) is 13.0. The van der Waals surface area contributed by atoms with Gasteiger partial charge in [-0.3, -0.25) is 0 Å². The Morgan fingerprint density at radius 2 is 1.72 bits per heavy atom. The van der Waals surface area contributed by atoms with E-state index in [1.807, 2.05) is 0 Å². The van der Waals surface area contributed by atoms with Gasteiger partial charge >= 0.3 is 5.97 Å². The lowest BCUT2D eigenvalue weighted by Gasteiger charge is -2.26. The molecule has 0 aliphatic heterocycles. The van der Waals surface area contributed by atoms with E-state index in [1.165, 1.54) is 51.4 Å². The van der Waals surface area contributed by atoms with Crippen LogP contribution in [0.1, 0.15) is 64.7 Å². The van der Waals surface area contributed by atoms with Gasteiger partial charge in [-0.2, -0.15) is 0 Å². The van der Waals surface area contributed by atoms with Gasteiger partial charge in [-0.25, -0.2) is 4.79 Å². The van der Waals surface area contributed by atoms with Crippen LogP contribution in [0.25, 0.3) is 0 Å². The number of carbonyl (C=O) groups is 1. The van der Waals surface area contributed by atoms with Crippen LogP contribution in [0.2, 0.25) is 0 Å². The Kier molecular flexibility index (Phi) is 4.85. The van der Waals surface area contributed by atoms with E-state index in [0.29, 0.717) is 11.5 Å². The van der Waals surface area contributed by atoms with Crippen molar-refractivity contribution in [3.63, 3.8) is 0 Å². The van der Waals surface area contributed by atoms with Crippen molar-refractivity contribution >= 4 is 5.97 Å². The van der Waals surface area contributed by atoms with Crippen molar-refractivity contribution in [1.29, 1.82) is 0 Å². The monoisotopic (exact) mass is 250 g/mol. The summed E-state index contributed by atoms with van der Waals surface area (Å²) in [7, 11) is 0. The van der Waals surface area contributed by atoms with E-state index in [4.69, 9.17) is 4.74 Å².